The molecule has 40 heavy (non-hydrogen) atoms. The number of fused-ring (bicyclic) bond motifs is 2. The van der Waals surface area contributed by atoms with Crippen LogP contribution in [0.25, 0.3) is 0 Å². The zero-order chi connectivity index (χ0) is 28.0. The van der Waals surface area contributed by atoms with Crippen molar-refractivity contribution in [3.8, 4) is 0 Å². The first kappa shape index (κ1) is 26.7. The summed E-state index contributed by atoms with van der Waals surface area (Å²) in [5.41, 5.74) is 0.540. The largest absolute Gasteiger partial charge is 0.349 e. The molecule has 0 radical (unpaired) electrons. The van der Waals surface area contributed by atoms with Crippen molar-refractivity contribution in [3.05, 3.63) is 69.4 Å². The second-order valence-electron chi connectivity index (χ2n) is 10.5. The van der Waals surface area contributed by atoms with E-state index in [4.69, 9.17) is 11.6 Å². The number of pyridine rings is 1. The van der Waals surface area contributed by atoms with Crippen molar-refractivity contribution in [1.29, 1.82) is 0 Å². The molecule has 3 aliphatic rings. The Balaban J connectivity index is 1.09. The SMILES string of the molecule is O=C(N[C@H]1CC[C@H](CN2C(=O)C3(CN(C(=O)c4csnn4)C3)c3ccccc32)CC1)c1cc(Cl)cnc1C(F)F. The van der Waals surface area contributed by atoms with Crippen molar-refractivity contribution in [1.82, 2.24) is 24.8 Å². The molecule has 208 valence electrons. The van der Waals surface area contributed by atoms with Gasteiger partial charge >= 0.3 is 0 Å². The summed E-state index contributed by atoms with van der Waals surface area (Å²) >= 11 is 7.01. The second-order valence-corrected chi connectivity index (χ2v) is 11.6. The third-order valence-corrected chi connectivity index (χ3v) is 8.82. The lowest BCUT2D eigenvalue weighted by molar-refractivity contribution is -0.128. The molecule has 1 aliphatic carbocycles. The molecular formula is C27H25ClF2N6O3S. The van der Waals surface area contributed by atoms with E-state index in [1.807, 2.05) is 29.2 Å². The molecule has 0 atom stereocenters. The van der Waals surface area contributed by atoms with Crippen molar-refractivity contribution in [2.24, 2.45) is 5.92 Å². The van der Waals surface area contributed by atoms with Crippen LogP contribution in [-0.2, 0) is 10.2 Å². The molecule has 2 aromatic heterocycles. The predicted octanol–water partition coefficient (Wildman–Crippen LogP) is 4.25. The van der Waals surface area contributed by atoms with Gasteiger partial charge < -0.3 is 15.1 Å². The number of nitrogens with one attached hydrogen (secondary N) is 1. The Morgan fingerprint density at radius 1 is 1.18 bits per heavy atom. The maximum absolute atomic E-state index is 13.8. The van der Waals surface area contributed by atoms with E-state index in [1.54, 1.807) is 10.3 Å². The van der Waals surface area contributed by atoms with Crippen LogP contribution >= 0.6 is 23.1 Å². The molecular weight excluding hydrogens is 562 g/mol. The zero-order valence-corrected chi connectivity index (χ0v) is 22.8. The lowest BCUT2D eigenvalue weighted by Crippen LogP contribution is -2.65. The Morgan fingerprint density at radius 2 is 1.93 bits per heavy atom. The van der Waals surface area contributed by atoms with Gasteiger partial charge in [-0.2, -0.15) is 0 Å². The molecule has 0 unspecified atom stereocenters. The molecule has 13 heteroatoms. The maximum Gasteiger partial charge on any atom is 0.281 e. The Morgan fingerprint density at radius 3 is 2.62 bits per heavy atom. The molecule has 2 aliphatic heterocycles. The summed E-state index contributed by atoms with van der Waals surface area (Å²) in [6.45, 7) is 1.14. The van der Waals surface area contributed by atoms with E-state index in [0.717, 1.165) is 41.8 Å². The van der Waals surface area contributed by atoms with Crippen molar-refractivity contribution < 1.29 is 23.2 Å². The Bertz CT molecular complexity index is 1460. The molecule has 2 fully saturated rings. The highest BCUT2D eigenvalue weighted by molar-refractivity contribution is 7.03. The van der Waals surface area contributed by atoms with Crippen LogP contribution in [0.2, 0.25) is 5.02 Å². The first-order valence-corrected chi connectivity index (χ1v) is 14.2. The van der Waals surface area contributed by atoms with Crippen molar-refractivity contribution >= 4 is 46.5 Å². The minimum atomic E-state index is -2.89. The quantitative estimate of drug-likeness (QED) is 0.463. The summed E-state index contributed by atoms with van der Waals surface area (Å²) in [5, 5.41) is 8.44. The summed E-state index contributed by atoms with van der Waals surface area (Å²) < 4.78 is 30.5. The molecule has 3 aromatic rings. The average molecular weight is 587 g/mol. The number of carbonyl (C=O) groups is 3. The minimum absolute atomic E-state index is 0.00226. The van der Waals surface area contributed by atoms with Gasteiger partial charge in [-0.05, 0) is 60.8 Å². The van der Waals surface area contributed by atoms with E-state index in [0.29, 0.717) is 32.5 Å². The van der Waals surface area contributed by atoms with Gasteiger partial charge in [0.1, 0.15) is 11.1 Å². The number of hydrogen-bond acceptors (Lipinski definition) is 7. The fraction of sp³-hybridized carbons (Fsp3) is 0.407. The van der Waals surface area contributed by atoms with Gasteiger partial charge in [0.05, 0.1) is 10.6 Å². The summed E-state index contributed by atoms with van der Waals surface area (Å²) in [6.07, 6.45) is 1.06. The zero-order valence-electron chi connectivity index (χ0n) is 21.2. The van der Waals surface area contributed by atoms with Crippen LogP contribution in [0.15, 0.2) is 41.9 Å². The molecule has 1 aromatic carbocycles. The molecule has 1 N–H and O–H groups in total. The highest BCUT2D eigenvalue weighted by atomic mass is 35.5. The van der Waals surface area contributed by atoms with E-state index >= 15 is 0 Å². The predicted molar refractivity (Wildman–Crippen MR) is 144 cm³/mol. The lowest BCUT2D eigenvalue weighted by Gasteiger charge is -2.46. The number of anilines is 1. The second kappa shape index (κ2) is 10.5. The fourth-order valence-corrected chi connectivity index (χ4v) is 6.66. The molecule has 3 amide bonds. The van der Waals surface area contributed by atoms with Crippen LogP contribution in [0.1, 0.15) is 64.2 Å². The maximum atomic E-state index is 13.8. The van der Waals surface area contributed by atoms with E-state index in [9.17, 15) is 23.2 Å². The van der Waals surface area contributed by atoms with Crippen LogP contribution in [-0.4, -0.2) is 62.9 Å². The molecule has 9 nitrogen and oxygen atoms in total. The van der Waals surface area contributed by atoms with Crippen LogP contribution in [0, 0.1) is 5.92 Å². The summed E-state index contributed by atoms with van der Waals surface area (Å²) in [7, 11) is 0. The lowest BCUT2D eigenvalue weighted by atomic mass is 9.74. The number of alkyl halides is 2. The number of aromatic nitrogens is 3. The number of benzene rings is 1. The minimum Gasteiger partial charge on any atom is -0.349 e. The summed E-state index contributed by atoms with van der Waals surface area (Å²) in [6, 6.07) is 8.77. The van der Waals surface area contributed by atoms with Crippen molar-refractivity contribution in [2.45, 2.75) is 43.6 Å². The van der Waals surface area contributed by atoms with Gasteiger partial charge in [0, 0.05) is 42.9 Å². The fourth-order valence-electron chi connectivity index (χ4n) is 6.07. The third kappa shape index (κ3) is 4.62. The number of rotatable bonds is 6. The van der Waals surface area contributed by atoms with Gasteiger partial charge in [-0.25, -0.2) is 8.78 Å². The highest BCUT2D eigenvalue weighted by Crippen LogP contribution is 2.48. The number of amides is 3. The smallest absolute Gasteiger partial charge is 0.281 e. The van der Waals surface area contributed by atoms with Gasteiger partial charge in [-0.15, -0.1) is 5.10 Å². The normalized spacial score (nSPS) is 21.4. The van der Waals surface area contributed by atoms with Crippen molar-refractivity contribution in [2.75, 3.05) is 24.5 Å². The van der Waals surface area contributed by atoms with E-state index < -0.39 is 23.4 Å². The van der Waals surface area contributed by atoms with Crippen LogP contribution in [0.4, 0.5) is 14.5 Å². The average Bonchev–Trinajstić information content (AvgIpc) is 3.54. The Kier molecular flexibility index (Phi) is 6.99. The van der Waals surface area contributed by atoms with E-state index in [1.165, 1.54) is 6.07 Å². The molecule has 6 rings (SSSR count). The molecule has 1 saturated heterocycles. The molecule has 0 bridgehead atoms. The molecule has 1 saturated carbocycles. The van der Waals surface area contributed by atoms with Gasteiger partial charge in [-0.3, -0.25) is 19.4 Å². The number of halogens is 3. The first-order chi connectivity index (χ1) is 19.3. The van der Waals surface area contributed by atoms with Crippen LogP contribution in [0.5, 0.6) is 0 Å². The topological polar surface area (TPSA) is 108 Å². The van der Waals surface area contributed by atoms with E-state index in [-0.39, 0.29) is 40.1 Å². The van der Waals surface area contributed by atoms with Gasteiger partial charge in [0.25, 0.3) is 18.2 Å². The molecule has 1 spiro atoms. The van der Waals surface area contributed by atoms with Crippen LogP contribution in [0.3, 0.4) is 0 Å². The summed E-state index contributed by atoms with van der Waals surface area (Å²) in [4.78, 5) is 46.4. The van der Waals surface area contributed by atoms with Crippen molar-refractivity contribution in [3.63, 3.8) is 0 Å². The van der Waals surface area contributed by atoms with Gasteiger partial charge in [0.15, 0.2) is 5.69 Å². The number of para-hydroxylation sites is 1. The number of hydrogen-bond donors (Lipinski definition) is 1. The van der Waals surface area contributed by atoms with E-state index in [2.05, 4.69) is 19.9 Å². The molecule has 4 heterocycles. The first-order valence-electron chi connectivity index (χ1n) is 13.0. The Hall–Kier alpha value is -3.51. The van der Waals surface area contributed by atoms with Gasteiger partial charge in [0.2, 0.25) is 5.91 Å². The third-order valence-electron chi connectivity index (χ3n) is 8.11. The number of nitrogens with zero attached hydrogens (tertiary/aromatic N) is 5. The highest BCUT2D eigenvalue weighted by Gasteiger charge is 2.59. The standard InChI is InChI=1S/C27H25ClF2N6O3S/c28-16-9-18(22(23(29)30)31-10-16)24(37)32-17-7-5-15(6-8-17)11-36-21-4-2-1-3-19(21)27(26(36)39)13-35(14-27)25(38)20-12-40-34-33-20/h1-4,9-10,12,15,17,23H,5-8,11,13-14H2,(H,32,37)/t15-,17-. The number of carbonyl (C=O) groups excluding carboxylic acids is 3. The van der Waals surface area contributed by atoms with Gasteiger partial charge in [-0.1, -0.05) is 34.3 Å². The van der Waals surface area contributed by atoms with Crippen LogP contribution < -0.4 is 10.2 Å². The monoisotopic (exact) mass is 586 g/mol. The Labute approximate surface area is 237 Å². The number of likely N-dealkylation sites (tertiary alicyclic amines) is 1. The summed E-state index contributed by atoms with van der Waals surface area (Å²) in [5.74, 6) is -0.629.